The van der Waals surface area contributed by atoms with Crippen molar-refractivity contribution in [1.82, 2.24) is 0 Å². The first-order valence-electron chi connectivity index (χ1n) is 13.7. The molecule has 4 aliphatic carbocycles. The van der Waals surface area contributed by atoms with Gasteiger partial charge in [-0.05, 0) is 78.9 Å². The van der Waals surface area contributed by atoms with Crippen molar-refractivity contribution in [3.05, 3.63) is 0 Å². The van der Waals surface area contributed by atoms with Gasteiger partial charge in [-0.1, -0.05) is 41.5 Å². The Morgan fingerprint density at radius 2 is 1.56 bits per heavy atom. The largest absolute Gasteiger partial charge is 0.390 e. The molecule has 5 N–H and O–H groups in total. The zero-order chi connectivity index (χ0) is 25.3. The molecule has 14 atom stereocenters. The Hall–Kier alpha value is -0.530. The number of aliphatic hydroxyl groups is 5. The van der Waals surface area contributed by atoms with Gasteiger partial charge in [0.05, 0.1) is 24.4 Å². The van der Waals surface area contributed by atoms with Crippen LogP contribution in [0.5, 0.6) is 0 Å². The molecule has 34 heavy (non-hydrogen) atoms. The van der Waals surface area contributed by atoms with Gasteiger partial charge in [-0.3, -0.25) is 4.79 Å². The van der Waals surface area contributed by atoms with Crippen molar-refractivity contribution in [3.63, 3.8) is 0 Å². The van der Waals surface area contributed by atoms with Gasteiger partial charge in [0.15, 0.2) is 0 Å². The predicted molar refractivity (Wildman–Crippen MR) is 130 cm³/mol. The summed E-state index contributed by atoms with van der Waals surface area (Å²) in [7, 11) is 0. The van der Waals surface area contributed by atoms with Crippen molar-refractivity contribution in [3.8, 4) is 0 Å². The molecule has 0 bridgehead atoms. The van der Waals surface area contributed by atoms with Crippen LogP contribution in [-0.4, -0.2) is 61.8 Å². The zero-order valence-electron chi connectivity index (χ0n) is 21.9. The maximum atomic E-state index is 13.4. The summed E-state index contributed by atoms with van der Waals surface area (Å²) in [6.07, 6.45) is -0.384. The molecule has 0 aromatic heterocycles. The van der Waals surface area contributed by atoms with Crippen molar-refractivity contribution < 1.29 is 30.3 Å². The highest BCUT2D eigenvalue weighted by Crippen LogP contribution is 2.67. The number of carbonyl (C=O) groups is 1. The molecule has 6 heteroatoms. The highest BCUT2D eigenvalue weighted by Gasteiger charge is 2.66. The molecule has 6 nitrogen and oxygen atoms in total. The minimum Gasteiger partial charge on any atom is -0.390 e. The Labute approximate surface area is 205 Å². The van der Waals surface area contributed by atoms with E-state index in [0.29, 0.717) is 12.3 Å². The van der Waals surface area contributed by atoms with Gasteiger partial charge in [-0.15, -0.1) is 0 Å². The highest BCUT2D eigenvalue weighted by atomic mass is 16.4. The second kappa shape index (κ2) is 9.09. The lowest BCUT2D eigenvalue weighted by Gasteiger charge is -2.62. The van der Waals surface area contributed by atoms with Crippen molar-refractivity contribution in [2.45, 2.75) is 111 Å². The summed E-state index contributed by atoms with van der Waals surface area (Å²) in [5.41, 5.74) is -0.740. The van der Waals surface area contributed by atoms with E-state index in [1.165, 1.54) is 0 Å². The summed E-state index contributed by atoms with van der Waals surface area (Å²) < 4.78 is 0. The highest BCUT2D eigenvalue weighted by molar-refractivity contribution is 5.83. The van der Waals surface area contributed by atoms with Gasteiger partial charge in [0.25, 0.3) is 0 Å². The van der Waals surface area contributed by atoms with Gasteiger partial charge >= 0.3 is 0 Å². The molecule has 0 heterocycles. The third-order valence-electron chi connectivity index (χ3n) is 11.8. The summed E-state index contributed by atoms with van der Waals surface area (Å²) in [5, 5.41) is 53.9. The molecule has 0 aromatic carbocycles. The van der Waals surface area contributed by atoms with E-state index in [1.54, 1.807) is 0 Å². The van der Waals surface area contributed by atoms with Crippen LogP contribution in [0.4, 0.5) is 0 Å². The van der Waals surface area contributed by atoms with Crippen LogP contribution in [0.25, 0.3) is 0 Å². The molecule has 0 amide bonds. The average Bonchev–Trinajstić information content (AvgIpc) is 3.14. The lowest BCUT2D eigenvalue weighted by molar-refractivity contribution is -0.219. The maximum absolute atomic E-state index is 13.4. The molecule has 196 valence electrons. The molecule has 4 saturated carbocycles. The third kappa shape index (κ3) is 3.73. The Balaban J connectivity index is 1.58. The summed E-state index contributed by atoms with van der Waals surface area (Å²) >= 11 is 0. The van der Waals surface area contributed by atoms with Gasteiger partial charge in [0.1, 0.15) is 11.9 Å². The van der Waals surface area contributed by atoms with E-state index < -0.39 is 41.9 Å². The normalized spacial score (nSPS) is 50.2. The fraction of sp³-hybridized carbons (Fsp3) is 0.964. The molecular formula is C28H48O6. The number of hydrogen-bond acceptors (Lipinski definition) is 6. The first kappa shape index (κ1) is 26.5. The fourth-order valence-corrected chi connectivity index (χ4v) is 9.25. The number of fused-ring (bicyclic) bond motifs is 5. The molecule has 4 rings (SSSR count). The number of hydrogen-bond donors (Lipinski definition) is 5. The van der Waals surface area contributed by atoms with Crippen molar-refractivity contribution in [2.24, 2.45) is 58.2 Å². The number of ketones is 1. The minimum absolute atomic E-state index is 0.0145. The van der Waals surface area contributed by atoms with E-state index >= 15 is 0 Å². The predicted octanol–water partition coefficient (Wildman–Crippen LogP) is 2.78. The molecule has 4 fully saturated rings. The second-order valence-electron chi connectivity index (χ2n) is 13.4. The summed E-state index contributed by atoms with van der Waals surface area (Å²) in [5.74, 6) is 0.859. The monoisotopic (exact) mass is 480 g/mol. The lowest BCUT2D eigenvalue weighted by Crippen LogP contribution is -2.66. The molecule has 4 unspecified atom stereocenters. The number of carbonyl (C=O) groups excluding carboxylic acids is 1. The van der Waals surface area contributed by atoms with Crippen molar-refractivity contribution >= 4 is 5.78 Å². The molecule has 0 aliphatic heterocycles. The quantitative estimate of drug-likeness (QED) is 0.413. The lowest BCUT2D eigenvalue weighted by atomic mass is 9.43. The molecule has 4 aliphatic rings. The van der Waals surface area contributed by atoms with Crippen LogP contribution in [0.2, 0.25) is 0 Å². The third-order valence-corrected chi connectivity index (χ3v) is 11.8. The van der Waals surface area contributed by atoms with Gasteiger partial charge in [-0.2, -0.15) is 0 Å². The average molecular weight is 481 g/mol. The molecule has 0 radical (unpaired) electrons. The Morgan fingerprint density at radius 1 is 0.912 bits per heavy atom. The SMILES string of the molecule is CC(C)[C@H](C)[C@@H](O)[C@H](O)[C@@H](C)[C@H]1CCC2C3CC(=O)C4C[C@@H](O)[C@H](O)[C@H](O)[C@]4(C)C3CC[C@@]21C. The van der Waals surface area contributed by atoms with Gasteiger partial charge < -0.3 is 25.5 Å². The molecule has 0 saturated heterocycles. The van der Waals surface area contributed by atoms with E-state index in [2.05, 4.69) is 27.7 Å². The first-order chi connectivity index (χ1) is 15.8. The van der Waals surface area contributed by atoms with Crippen LogP contribution < -0.4 is 0 Å². The fourth-order valence-electron chi connectivity index (χ4n) is 9.25. The zero-order valence-corrected chi connectivity index (χ0v) is 21.9. The van der Waals surface area contributed by atoms with E-state index in [9.17, 15) is 30.3 Å². The van der Waals surface area contributed by atoms with Crippen LogP contribution >= 0.6 is 0 Å². The van der Waals surface area contributed by atoms with Gasteiger partial charge in [-0.25, -0.2) is 0 Å². The van der Waals surface area contributed by atoms with Gasteiger partial charge in [0.2, 0.25) is 0 Å². The second-order valence-corrected chi connectivity index (χ2v) is 13.4. The molecular weight excluding hydrogens is 432 g/mol. The van der Waals surface area contributed by atoms with Crippen molar-refractivity contribution in [2.75, 3.05) is 0 Å². The van der Waals surface area contributed by atoms with E-state index in [4.69, 9.17) is 0 Å². The van der Waals surface area contributed by atoms with Crippen molar-refractivity contribution in [1.29, 1.82) is 0 Å². The van der Waals surface area contributed by atoms with E-state index in [1.807, 2.05) is 13.8 Å². The topological polar surface area (TPSA) is 118 Å². The molecule has 0 spiro atoms. The maximum Gasteiger partial charge on any atom is 0.137 e. The van der Waals surface area contributed by atoms with Crippen LogP contribution in [0.3, 0.4) is 0 Å². The minimum atomic E-state index is -1.21. The van der Waals surface area contributed by atoms with Crippen LogP contribution in [0, 0.1) is 58.2 Å². The number of aliphatic hydroxyl groups excluding tert-OH is 5. The van der Waals surface area contributed by atoms with E-state index in [0.717, 1.165) is 25.7 Å². The standard InChI is InChI=1S/C28H48O6/c1-13(2)14(3)23(31)24(32)15(4)17-7-8-18-16-11-21(29)20-12-22(30)25(33)26(34)28(20,6)19(16)9-10-27(17,18)5/h13-20,22-26,30-34H,7-12H2,1-6H3/t14-,15-,16?,17+,18?,19?,20?,22+,23+,24+,25-,26-,27+,28+/m0/s1. The molecule has 0 aromatic rings. The van der Waals surface area contributed by atoms with Crippen LogP contribution in [-0.2, 0) is 4.79 Å². The summed E-state index contributed by atoms with van der Waals surface area (Å²) in [4.78, 5) is 13.4. The van der Waals surface area contributed by atoms with E-state index in [-0.39, 0.29) is 53.1 Å². The Morgan fingerprint density at radius 3 is 2.18 bits per heavy atom. The number of rotatable bonds is 5. The Kier molecular flexibility index (Phi) is 7.09. The van der Waals surface area contributed by atoms with Crippen LogP contribution in [0.1, 0.15) is 80.1 Å². The summed E-state index contributed by atoms with van der Waals surface area (Å²) in [6.45, 7) is 12.5. The Bertz CT molecular complexity index is 770. The van der Waals surface area contributed by atoms with Gasteiger partial charge in [0, 0.05) is 17.8 Å². The number of Topliss-reactive ketones (excluding diaryl/α,β-unsaturated/α-hetero) is 1. The smallest absolute Gasteiger partial charge is 0.137 e. The van der Waals surface area contributed by atoms with Crippen LogP contribution in [0.15, 0.2) is 0 Å². The first-order valence-corrected chi connectivity index (χ1v) is 13.7. The summed E-state index contributed by atoms with van der Waals surface area (Å²) in [6, 6.07) is 0.